The Bertz CT molecular complexity index is 966. The molecule has 0 aliphatic rings. The van der Waals surface area contributed by atoms with Crippen LogP contribution in [-0.2, 0) is 13.2 Å². The normalized spacial score (nSPS) is 12.8. The Balaban J connectivity index is 2.05. The Morgan fingerprint density at radius 2 is 1.96 bits per heavy atom. The number of aromatic nitrogens is 5. The Morgan fingerprint density at radius 1 is 1.21 bits per heavy atom. The minimum atomic E-state index is -4.59. The van der Waals surface area contributed by atoms with Gasteiger partial charge < -0.3 is 5.32 Å². The summed E-state index contributed by atoms with van der Waals surface area (Å²) in [6.45, 7) is 5.77. The monoisotopic (exact) mass is 390 g/mol. The Morgan fingerprint density at radius 3 is 2.50 bits per heavy atom. The lowest BCUT2D eigenvalue weighted by molar-refractivity contribution is -0.141. The van der Waals surface area contributed by atoms with Gasteiger partial charge in [0.1, 0.15) is 5.82 Å². The van der Waals surface area contributed by atoms with Gasteiger partial charge in [-0.1, -0.05) is 6.92 Å². The topological polar surface area (TPSA) is 68.5 Å². The third-order valence-electron chi connectivity index (χ3n) is 4.58. The van der Waals surface area contributed by atoms with Crippen molar-refractivity contribution in [1.29, 1.82) is 0 Å². The minimum absolute atomic E-state index is 0.0279. The lowest BCUT2D eigenvalue weighted by atomic mass is 10.0. The Kier molecular flexibility index (Phi) is 5.35. The lowest BCUT2D eigenvalue weighted by Gasteiger charge is -2.20. The summed E-state index contributed by atoms with van der Waals surface area (Å²) >= 11 is 0. The number of hydrogen-bond acceptors (Lipinski definition) is 5. The number of rotatable bonds is 5. The molecular weight excluding hydrogens is 369 g/mol. The maximum absolute atomic E-state index is 13.4. The largest absolute Gasteiger partial charge is 0.433 e. The van der Waals surface area contributed by atoms with E-state index in [0.717, 1.165) is 23.0 Å². The highest BCUT2D eigenvalue weighted by Crippen LogP contribution is 2.33. The van der Waals surface area contributed by atoms with Crippen molar-refractivity contribution in [2.45, 2.75) is 39.4 Å². The second-order valence-corrected chi connectivity index (χ2v) is 6.51. The molecule has 9 heteroatoms. The van der Waals surface area contributed by atoms with Crippen LogP contribution in [-0.4, -0.2) is 24.7 Å². The van der Waals surface area contributed by atoms with Crippen molar-refractivity contribution in [2.75, 3.05) is 5.32 Å². The van der Waals surface area contributed by atoms with E-state index in [1.54, 1.807) is 16.8 Å². The summed E-state index contributed by atoms with van der Waals surface area (Å²) in [5.74, 6) is 0.0792. The van der Waals surface area contributed by atoms with Crippen LogP contribution in [0, 0.1) is 13.8 Å². The first-order chi connectivity index (χ1) is 13.2. The van der Waals surface area contributed by atoms with Gasteiger partial charge in [0.2, 0.25) is 0 Å². The summed E-state index contributed by atoms with van der Waals surface area (Å²) in [4.78, 5) is 11.9. The van der Waals surface area contributed by atoms with E-state index in [2.05, 4.69) is 25.4 Å². The maximum atomic E-state index is 13.4. The van der Waals surface area contributed by atoms with Crippen LogP contribution in [0.5, 0.6) is 0 Å². The van der Waals surface area contributed by atoms with Crippen molar-refractivity contribution in [3.8, 4) is 11.4 Å². The van der Waals surface area contributed by atoms with Crippen molar-refractivity contribution >= 4 is 5.82 Å². The molecule has 0 aromatic carbocycles. The van der Waals surface area contributed by atoms with Crippen molar-refractivity contribution < 1.29 is 13.2 Å². The molecule has 3 rings (SSSR count). The maximum Gasteiger partial charge on any atom is 0.433 e. The number of alkyl halides is 3. The zero-order valence-corrected chi connectivity index (χ0v) is 16.0. The van der Waals surface area contributed by atoms with Crippen molar-refractivity contribution in [3.63, 3.8) is 0 Å². The summed E-state index contributed by atoms with van der Waals surface area (Å²) < 4.78 is 41.9. The third kappa shape index (κ3) is 3.97. The van der Waals surface area contributed by atoms with Crippen molar-refractivity contribution in [3.05, 3.63) is 53.2 Å². The molecule has 148 valence electrons. The van der Waals surface area contributed by atoms with Gasteiger partial charge in [-0.05, 0) is 32.4 Å². The van der Waals surface area contributed by atoms with E-state index in [-0.39, 0.29) is 17.7 Å². The summed E-state index contributed by atoms with van der Waals surface area (Å²) in [5, 5.41) is 7.54. The number of anilines is 1. The highest BCUT2D eigenvalue weighted by Gasteiger charge is 2.34. The molecule has 0 saturated carbocycles. The summed E-state index contributed by atoms with van der Waals surface area (Å²) in [6, 6.07) is 3.96. The average molecular weight is 390 g/mol. The highest BCUT2D eigenvalue weighted by atomic mass is 19.4. The quantitative estimate of drug-likeness (QED) is 0.696. The standard InChI is InChI=1S/C19H21F3N6/c1-5-14(17-11(2)27-28(4)12(17)3)24-16-9-15(19(20,21)22)25-18(26-16)13-7-6-8-23-10-13/h6-10,14H,5H2,1-4H3,(H,24,25,26). The van der Waals surface area contributed by atoms with Crippen molar-refractivity contribution in [1.82, 2.24) is 24.7 Å². The molecule has 0 amide bonds. The van der Waals surface area contributed by atoms with Gasteiger partial charge in [0, 0.05) is 42.3 Å². The fourth-order valence-electron chi connectivity index (χ4n) is 3.14. The molecule has 1 unspecified atom stereocenters. The molecule has 3 aromatic rings. The average Bonchev–Trinajstić information content (AvgIpc) is 2.91. The van der Waals surface area contributed by atoms with E-state index in [1.165, 1.54) is 12.4 Å². The van der Waals surface area contributed by atoms with Gasteiger partial charge in [0.15, 0.2) is 11.5 Å². The van der Waals surface area contributed by atoms with E-state index in [0.29, 0.717) is 12.0 Å². The van der Waals surface area contributed by atoms with Gasteiger partial charge in [0.05, 0.1) is 11.7 Å². The van der Waals surface area contributed by atoms with Crippen LogP contribution in [0.4, 0.5) is 19.0 Å². The molecule has 6 nitrogen and oxygen atoms in total. The van der Waals surface area contributed by atoms with E-state index in [4.69, 9.17) is 0 Å². The molecule has 3 aromatic heterocycles. The van der Waals surface area contributed by atoms with Gasteiger partial charge in [-0.3, -0.25) is 9.67 Å². The molecule has 3 heterocycles. The number of nitrogens with one attached hydrogen (secondary N) is 1. The molecular formula is C19H21F3N6. The molecule has 0 radical (unpaired) electrons. The van der Waals surface area contributed by atoms with Crippen LogP contribution in [0.1, 0.15) is 42.0 Å². The van der Waals surface area contributed by atoms with Gasteiger partial charge in [-0.2, -0.15) is 18.3 Å². The zero-order valence-electron chi connectivity index (χ0n) is 16.0. The van der Waals surface area contributed by atoms with Crippen LogP contribution < -0.4 is 5.32 Å². The first-order valence-corrected chi connectivity index (χ1v) is 8.84. The molecule has 0 saturated heterocycles. The van der Waals surface area contributed by atoms with Crippen LogP contribution >= 0.6 is 0 Å². The van der Waals surface area contributed by atoms with E-state index < -0.39 is 11.9 Å². The Labute approximate surface area is 160 Å². The summed E-state index contributed by atoms with van der Waals surface area (Å²) in [7, 11) is 1.84. The van der Waals surface area contributed by atoms with E-state index >= 15 is 0 Å². The minimum Gasteiger partial charge on any atom is -0.363 e. The number of halogens is 3. The second kappa shape index (κ2) is 7.57. The SMILES string of the molecule is CCC(Nc1cc(C(F)(F)F)nc(-c2cccnc2)n1)c1c(C)nn(C)c1C. The number of hydrogen-bond donors (Lipinski definition) is 1. The van der Waals surface area contributed by atoms with Crippen LogP contribution in [0.2, 0.25) is 0 Å². The van der Waals surface area contributed by atoms with Gasteiger partial charge in [-0.15, -0.1) is 0 Å². The predicted octanol–water partition coefficient (Wildman–Crippen LogP) is 4.47. The summed E-state index contributed by atoms with van der Waals surface area (Å²) in [5.41, 5.74) is 2.16. The van der Waals surface area contributed by atoms with Gasteiger partial charge in [-0.25, -0.2) is 9.97 Å². The molecule has 1 atom stereocenters. The zero-order chi connectivity index (χ0) is 20.5. The number of aryl methyl sites for hydroxylation is 2. The second-order valence-electron chi connectivity index (χ2n) is 6.51. The number of pyridine rings is 1. The summed E-state index contributed by atoms with van der Waals surface area (Å²) in [6.07, 6.45) is -0.956. The molecule has 0 bridgehead atoms. The molecule has 0 spiro atoms. The van der Waals surface area contributed by atoms with Crippen LogP contribution in [0.3, 0.4) is 0 Å². The lowest BCUT2D eigenvalue weighted by Crippen LogP contribution is -2.16. The van der Waals surface area contributed by atoms with Crippen LogP contribution in [0.25, 0.3) is 11.4 Å². The molecule has 0 aliphatic heterocycles. The fraction of sp³-hybridized carbons (Fsp3) is 0.368. The first kappa shape index (κ1) is 19.8. The van der Waals surface area contributed by atoms with Gasteiger partial charge >= 0.3 is 6.18 Å². The highest BCUT2D eigenvalue weighted by molar-refractivity contribution is 5.57. The van der Waals surface area contributed by atoms with Crippen LogP contribution in [0.15, 0.2) is 30.6 Å². The fourth-order valence-corrected chi connectivity index (χ4v) is 3.14. The molecule has 0 aliphatic carbocycles. The first-order valence-electron chi connectivity index (χ1n) is 8.84. The smallest absolute Gasteiger partial charge is 0.363 e. The molecule has 0 fully saturated rings. The van der Waals surface area contributed by atoms with Crippen molar-refractivity contribution in [2.24, 2.45) is 7.05 Å². The van der Waals surface area contributed by atoms with Gasteiger partial charge in [0.25, 0.3) is 0 Å². The van der Waals surface area contributed by atoms with E-state index in [9.17, 15) is 13.2 Å². The van der Waals surface area contributed by atoms with E-state index in [1.807, 2.05) is 27.8 Å². The third-order valence-corrected chi connectivity index (χ3v) is 4.58. The Hall–Kier alpha value is -2.97. The predicted molar refractivity (Wildman–Crippen MR) is 99.6 cm³/mol. The number of nitrogens with zero attached hydrogens (tertiary/aromatic N) is 5. The molecule has 1 N–H and O–H groups in total. The molecule has 28 heavy (non-hydrogen) atoms.